The SMILES string of the molecule is COc1ccc2cc(C(=O)N3CCN(c4ccccc4Cl)CC3)c(C)nc2c1. The number of benzene rings is 2. The van der Waals surface area contributed by atoms with Gasteiger partial charge in [0, 0.05) is 37.6 Å². The summed E-state index contributed by atoms with van der Waals surface area (Å²) in [6, 6.07) is 15.5. The van der Waals surface area contributed by atoms with Crippen molar-refractivity contribution >= 4 is 34.1 Å². The molecule has 1 saturated heterocycles. The van der Waals surface area contributed by atoms with Gasteiger partial charge in [0.05, 0.1) is 34.6 Å². The second kappa shape index (κ2) is 7.68. The molecule has 0 bridgehead atoms. The number of para-hydroxylation sites is 1. The maximum atomic E-state index is 13.1. The molecule has 6 heteroatoms. The van der Waals surface area contributed by atoms with Crippen LogP contribution in [0.3, 0.4) is 0 Å². The Bertz CT molecular complexity index is 1030. The van der Waals surface area contributed by atoms with Crippen LogP contribution in [0.1, 0.15) is 16.1 Å². The average Bonchev–Trinajstić information content (AvgIpc) is 2.73. The normalized spacial score (nSPS) is 14.4. The highest BCUT2D eigenvalue weighted by Crippen LogP contribution is 2.27. The lowest BCUT2D eigenvalue weighted by atomic mass is 10.1. The Kier molecular flexibility index (Phi) is 5.09. The number of anilines is 1. The summed E-state index contributed by atoms with van der Waals surface area (Å²) in [7, 11) is 1.63. The first kappa shape index (κ1) is 18.6. The Hall–Kier alpha value is -2.79. The van der Waals surface area contributed by atoms with E-state index in [1.165, 1.54) is 0 Å². The standard InChI is InChI=1S/C22H22ClN3O2/c1-15-18(13-16-7-8-17(28-2)14-20(16)24-15)22(27)26-11-9-25(10-12-26)21-6-4-3-5-19(21)23/h3-8,13-14H,9-12H2,1-2H3. The van der Waals surface area contributed by atoms with Gasteiger partial charge in [-0.2, -0.15) is 0 Å². The van der Waals surface area contributed by atoms with E-state index in [2.05, 4.69) is 9.88 Å². The lowest BCUT2D eigenvalue weighted by molar-refractivity contribution is 0.0746. The van der Waals surface area contributed by atoms with Gasteiger partial charge in [-0.25, -0.2) is 0 Å². The molecule has 4 rings (SSSR count). The van der Waals surface area contributed by atoms with Crippen molar-refractivity contribution in [1.82, 2.24) is 9.88 Å². The lowest BCUT2D eigenvalue weighted by Gasteiger charge is -2.36. The molecule has 28 heavy (non-hydrogen) atoms. The van der Waals surface area contributed by atoms with Gasteiger partial charge in [-0.05, 0) is 37.3 Å². The number of fused-ring (bicyclic) bond motifs is 1. The smallest absolute Gasteiger partial charge is 0.255 e. The van der Waals surface area contributed by atoms with Crippen molar-refractivity contribution in [2.75, 3.05) is 38.2 Å². The Labute approximate surface area is 169 Å². The van der Waals surface area contributed by atoms with Gasteiger partial charge < -0.3 is 14.5 Å². The van der Waals surface area contributed by atoms with Crippen molar-refractivity contribution in [3.05, 3.63) is 64.8 Å². The van der Waals surface area contributed by atoms with Crippen LogP contribution in [-0.4, -0.2) is 49.1 Å². The van der Waals surface area contributed by atoms with Crippen LogP contribution < -0.4 is 9.64 Å². The molecule has 1 fully saturated rings. The summed E-state index contributed by atoms with van der Waals surface area (Å²) in [5.74, 6) is 0.788. The van der Waals surface area contributed by atoms with E-state index in [4.69, 9.17) is 16.3 Å². The van der Waals surface area contributed by atoms with Crippen molar-refractivity contribution in [2.24, 2.45) is 0 Å². The van der Waals surface area contributed by atoms with Gasteiger partial charge in [0.1, 0.15) is 5.75 Å². The van der Waals surface area contributed by atoms with Crippen LogP contribution in [-0.2, 0) is 0 Å². The van der Waals surface area contributed by atoms with Crippen LogP contribution in [0.15, 0.2) is 48.5 Å². The number of pyridine rings is 1. The van der Waals surface area contributed by atoms with Gasteiger partial charge in [-0.1, -0.05) is 23.7 Å². The molecule has 0 spiro atoms. The minimum atomic E-state index is 0.0292. The van der Waals surface area contributed by atoms with Crippen LogP contribution in [0, 0.1) is 6.92 Å². The fraction of sp³-hybridized carbons (Fsp3) is 0.273. The number of halogens is 1. The average molecular weight is 396 g/mol. The molecule has 1 amide bonds. The third kappa shape index (κ3) is 3.50. The number of aromatic nitrogens is 1. The van der Waals surface area contributed by atoms with Crippen molar-refractivity contribution in [3.63, 3.8) is 0 Å². The van der Waals surface area contributed by atoms with Gasteiger partial charge in [0.2, 0.25) is 0 Å². The maximum absolute atomic E-state index is 13.1. The summed E-state index contributed by atoms with van der Waals surface area (Å²) in [6.07, 6.45) is 0. The number of nitrogens with zero attached hydrogens (tertiary/aromatic N) is 3. The number of methoxy groups -OCH3 is 1. The molecule has 0 unspecified atom stereocenters. The van der Waals surface area contributed by atoms with E-state index >= 15 is 0 Å². The third-order valence-electron chi connectivity index (χ3n) is 5.21. The quantitative estimate of drug-likeness (QED) is 0.667. The van der Waals surface area contributed by atoms with Crippen molar-refractivity contribution in [3.8, 4) is 5.75 Å². The summed E-state index contributed by atoms with van der Waals surface area (Å²) in [6.45, 7) is 4.71. The summed E-state index contributed by atoms with van der Waals surface area (Å²) in [5, 5.41) is 1.68. The second-order valence-electron chi connectivity index (χ2n) is 6.91. The molecule has 5 nitrogen and oxygen atoms in total. The predicted molar refractivity (Wildman–Crippen MR) is 113 cm³/mol. The van der Waals surface area contributed by atoms with Gasteiger partial charge in [0.15, 0.2) is 0 Å². The highest BCUT2D eigenvalue weighted by Gasteiger charge is 2.24. The van der Waals surface area contributed by atoms with Gasteiger partial charge >= 0.3 is 0 Å². The Morgan fingerprint density at radius 1 is 1.07 bits per heavy atom. The first-order valence-corrected chi connectivity index (χ1v) is 9.69. The molecule has 0 radical (unpaired) electrons. The number of ether oxygens (including phenoxy) is 1. The molecule has 2 heterocycles. The molecular formula is C22H22ClN3O2. The fourth-order valence-electron chi connectivity index (χ4n) is 3.62. The molecule has 3 aromatic rings. The molecule has 0 saturated carbocycles. The van der Waals surface area contributed by atoms with Gasteiger partial charge in [-0.15, -0.1) is 0 Å². The third-order valence-corrected chi connectivity index (χ3v) is 5.53. The summed E-state index contributed by atoms with van der Waals surface area (Å²) >= 11 is 6.31. The van der Waals surface area contributed by atoms with Crippen LogP contribution in [0.4, 0.5) is 5.69 Å². The number of amides is 1. The van der Waals surface area contributed by atoms with Crippen molar-refractivity contribution in [1.29, 1.82) is 0 Å². The highest BCUT2D eigenvalue weighted by atomic mass is 35.5. The van der Waals surface area contributed by atoms with Crippen LogP contribution >= 0.6 is 11.6 Å². The summed E-state index contributed by atoms with van der Waals surface area (Å²) in [5.41, 5.74) is 3.24. The molecular weight excluding hydrogens is 374 g/mol. The number of aryl methyl sites for hydroxylation is 1. The molecule has 0 atom stereocenters. The lowest BCUT2D eigenvalue weighted by Crippen LogP contribution is -2.49. The van der Waals surface area contributed by atoms with Crippen LogP contribution in [0.2, 0.25) is 5.02 Å². The Morgan fingerprint density at radius 2 is 1.82 bits per heavy atom. The van der Waals surface area contributed by atoms with Gasteiger partial charge in [0.25, 0.3) is 5.91 Å². The van der Waals surface area contributed by atoms with E-state index in [0.717, 1.165) is 46.1 Å². The number of hydrogen-bond donors (Lipinski definition) is 0. The fourth-order valence-corrected chi connectivity index (χ4v) is 3.87. The minimum absolute atomic E-state index is 0.0292. The van der Waals surface area contributed by atoms with E-state index in [0.29, 0.717) is 18.7 Å². The van der Waals surface area contributed by atoms with Gasteiger partial charge in [-0.3, -0.25) is 9.78 Å². The first-order valence-electron chi connectivity index (χ1n) is 9.31. The van der Waals surface area contributed by atoms with E-state index < -0.39 is 0 Å². The van der Waals surface area contributed by atoms with E-state index in [1.807, 2.05) is 60.4 Å². The predicted octanol–water partition coefficient (Wildman–Crippen LogP) is 4.17. The molecule has 144 valence electrons. The monoisotopic (exact) mass is 395 g/mol. The largest absolute Gasteiger partial charge is 0.497 e. The summed E-state index contributed by atoms with van der Waals surface area (Å²) < 4.78 is 5.26. The number of hydrogen-bond acceptors (Lipinski definition) is 4. The zero-order valence-corrected chi connectivity index (χ0v) is 16.7. The number of rotatable bonds is 3. The number of piperazine rings is 1. The van der Waals surface area contributed by atoms with Crippen LogP contribution in [0.25, 0.3) is 10.9 Å². The maximum Gasteiger partial charge on any atom is 0.255 e. The van der Waals surface area contributed by atoms with E-state index in [9.17, 15) is 4.79 Å². The second-order valence-corrected chi connectivity index (χ2v) is 7.32. The number of carbonyl (C=O) groups excluding carboxylic acids is 1. The zero-order chi connectivity index (χ0) is 19.7. The minimum Gasteiger partial charge on any atom is -0.497 e. The highest BCUT2D eigenvalue weighted by molar-refractivity contribution is 6.33. The van der Waals surface area contributed by atoms with E-state index in [1.54, 1.807) is 7.11 Å². The molecule has 1 aliphatic rings. The topological polar surface area (TPSA) is 45.7 Å². The first-order chi connectivity index (χ1) is 13.6. The van der Waals surface area contributed by atoms with Crippen molar-refractivity contribution in [2.45, 2.75) is 6.92 Å². The Morgan fingerprint density at radius 3 is 2.54 bits per heavy atom. The molecule has 1 aliphatic heterocycles. The molecule has 1 aromatic heterocycles. The van der Waals surface area contributed by atoms with Crippen LogP contribution in [0.5, 0.6) is 5.75 Å². The zero-order valence-electron chi connectivity index (χ0n) is 16.0. The van der Waals surface area contributed by atoms with Crippen molar-refractivity contribution < 1.29 is 9.53 Å². The summed E-state index contributed by atoms with van der Waals surface area (Å²) in [4.78, 5) is 21.9. The number of carbonyl (C=O) groups is 1. The molecule has 0 aliphatic carbocycles. The molecule has 2 aromatic carbocycles. The van der Waals surface area contributed by atoms with E-state index in [-0.39, 0.29) is 5.91 Å². The Balaban J connectivity index is 1.52. The molecule has 0 N–H and O–H groups in total.